The van der Waals surface area contributed by atoms with Gasteiger partial charge in [0.1, 0.15) is 0 Å². The van der Waals surface area contributed by atoms with E-state index in [4.69, 9.17) is 33.3 Å². The number of thiocarbonyl (C=S) groups is 1. The molecule has 154 valence electrons. The minimum atomic E-state index is -0.197. The normalized spacial score (nSPS) is 16.7. The van der Waals surface area contributed by atoms with E-state index in [0.717, 1.165) is 41.8 Å². The van der Waals surface area contributed by atoms with Gasteiger partial charge in [-0.05, 0) is 43.3 Å². The van der Waals surface area contributed by atoms with Gasteiger partial charge in [-0.15, -0.1) is 0 Å². The Bertz CT molecular complexity index is 1060. The second-order valence-corrected chi connectivity index (χ2v) is 8.05. The molecule has 0 bridgehead atoms. The third-order valence-electron chi connectivity index (χ3n) is 5.22. The van der Waals surface area contributed by atoms with E-state index in [0.29, 0.717) is 21.9 Å². The first-order valence-electron chi connectivity index (χ1n) is 10.0. The lowest BCUT2D eigenvalue weighted by Gasteiger charge is -2.37. The molecular formula is C23H23ClN4OS. The van der Waals surface area contributed by atoms with Gasteiger partial charge in [-0.2, -0.15) is 4.98 Å². The molecule has 0 radical (unpaired) electrons. The van der Waals surface area contributed by atoms with Gasteiger partial charge >= 0.3 is 0 Å². The Hall–Kier alpha value is -2.70. The summed E-state index contributed by atoms with van der Waals surface area (Å²) >= 11 is 11.8. The summed E-state index contributed by atoms with van der Waals surface area (Å²) < 4.78 is 5.74. The average molecular weight is 439 g/mol. The lowest BCUT2D eigenvalue weighted by Crippen LogP contribution is -2.46. The molecule has 1 unspecified atom stereocenters. The molecule has 0 aliphatic carbocycles. The second kappa shape index (κ2) is 8.98. The van der Waals surface area contributed by atoms with Crippen LogP contribution in [0.25, 0.3) is 17.0 Å². The number of hydrogen-bond acceptors (Lipinski definition) is 4. The van der Waals surface area contributed by atoms with Crippen LogP contribution < -0.4 is 5.32 Å². The monoisotopic (exact) mass is 438 g/mol. The van der Waals surface area contributed by atoms with Crippen molar-refractivity contribution < 1.29 is 4.52 Å². The number of aromatic nitrogens is 2. The zero-order chi connectivity index (χ0) is 21.1. The molecule has 30 heavy (non-hydrogen) atoms. The van der Waals surface area contributed by atoms with Gasteiger partial charge in [0.05, 0.1) is 11.6 Å². The molecule has 2 aromatic carbocycles. The Morgan fingerprint density at radius 3 is 2.57 bits per heavy atom. The van der Waals surface area contributed by atoms with Crippen molar-refractivity contribution in [2.24, 2.45) is 0 Å². The standard InChI is InChI=1S/C23H23ClN4OS/c1-3-4-14-28-15(2)19(20(25-23(28)30)16-10-12-18(24)13-11-16)22-26-21(27-29-22)17-8-6-5-7-9-17/h5-13,20H,3-4,14H2,1-2H3,(H,25,30). The van der Waals surface area contributed by atoms with E-state index in [9.17, 15) is 0 Å². The first-order chi connectivity index (χ1) is 14.6. The molecule has 0 amide bonds. The van der Waals surface area contributed by atoms with Crippen LogP contribution in [0.15, 0.2) is 64.8 Å². The zero-order valence-corrected chi connectivity index (χ0v) is 18.5. The minimum Gasteiger partial charge on any atom is -0.351 e. The molecule has 1 aliphatic heterocycles. The number of nitrogens with one attached hydrogen (secondary N) is 1. The fraction of sp³-hybridized carbons (Fsp3) is 0.261. The van der Waals surface area contributed by atoms with E-state index in [1.807, 2.05) is 54.6 Å². The van der Waals surface area contributed by atoms with Crippen LogP contribution in [0.4, 0.5) is 0 Å². The van der Waals surface area contributed by atoms with Gasteiger partial charge in [0.2, 0.25) is 5.82 Å². The fourth-order valence-corrected chi connectivity index (χ4v) is 4.06. The van der Waals surface area contributed by atoms with Crippen LogP contribution >= 0.6 is 23.8 Å². The smallest absolute Gasteiger partial charge is 0.258 e. The summed E-state index contributed by atoms with van der Waals surface area (Å²) in [6, 6.07) is 17.4. The summed E-state index contributed by atoms with van der Waals surface area (Å²) in [5.74, 6) is 1.05. The fourth-order valence-electron chi connectivity index (χ4n) is 3.59. The third kappa shape index (κ3) is 4.11. The summed E-state index contributed by atoms with van der Waals surface area (Å²) in [5, 5.41) is 9.08. The molecule has 2 heterocycles. The maximum Gasteiger partial charge on any atom is 0.258 e. The zero-order valence-electron chi connectivity index (χ0n) is 16.9. The molecule has 4 rings (SSSR count). The van der Waals surface area contributed by atoms with Crippen LogP contribution in [0.5, 0.6) is 0 Å². The van der Waals surface area contributed by atoms with Gasteiger partial charge < -0.3 is 14.7 Å². The molecule has 1 atom stereocenters. The van der Waals surface area contributed by atoms with Gasteiger partial charge in [0, 0.05) is 22.8 Å². The maximum atomic E-state index is 6.11. The van der Waals surface area contributed by atoms with Gasteiger partial charge in [-0.3, -0.25) is 0 Å². The highest BCUT2D eigenvalue weighted by Crippen LogP contribution is 2.37. The summed E-state index contributed by atoms with van der Waals surface area (Å²) in [4.78, 5) is 6.83. The Kier molecular flexibility index (Phi) is 6.16. The van der Waals surface area contributed by atoms with E-state index in [-0.39, 0.29) is 6.04 Å². The molecule has 1 aliphatic rings. The van der Waals surface area contributed by atoms with Crippen molar-refractivity contribution in [1.82, 2.24) is 20.4 Å². The van der Waals surface area contributed by atoms with Gasteiger partial charge in [-0.1, -0.05) is 72.6 Å². The van der Waals surface area contributed by atoms with E-state index >= 15 is 0 Å². The van der Waals surface area contributed by atoms with Crippen molar-refractivity contribution in [3.05, 3.63) is 76.8 Å². The van der Waals surface area contributed by atoms with Crippen LogP contribution in [0.2, 0.25) is 5.02 Å². The van der Waals surface area contributed by atoms with Crippen molar-refractivity contribution in [1.29, 1.82) is 0 Å². The molecule has 0 saturated heterocycles. The molecule has 5 nitrogen and oxygen atoms in total. The highest BCUT2D eigenvalue weighted by molar-refractivity contribution is 7.80. The van der Waals surface area contributed by atoms with Crippen LogP contribution in [-0.2, 0) is 0 Å². The third-order valence-corrected chi connectivity index (χ3v) is 5.81. The number of nitrogens with zero attached hydrogens (tertiary/aromatic N) is 3. The van der Waals surface area contributed by atoms with Crippen LogP contribution in [0, 0.1) is 0 Å². The summed E-state index contributed by atoms with van der Waals surface area (Å²) in [6.45, 7) is 5.07. The molecule has 1 aromatic heterocycles. The SMILES string of the molecule is CCCCN1C(=S)NC(c2ccc(Cl)cc2)C(c2nc(-c3ccccc3)no2)=C1C. The molecule has 3 aromatic rings. The first kappa shape index (κ1) is 20.6. The number of allylic oxidation sites excluding steroid dienone is 1. The Morgan fingerprint density at radius 1 is 1.13 bits per heavy atom. The first-order valence-corrected chi connectivity index (χ1v) is 10.8. The van der Waals surface area contributed by atoms with E-state index < -0.39 is 0 Å². The molecule has 0 saturated carbocycles. The van der Waals surface area contributed by atoms with Crippen molar-refractivity contribution in [2.75, 3.05) is 6.54 Å². The molecule has 0 fully saturated rings. The number of benzene rings is 2. The van der Waals surface area contributed by atoms with Crippen molar-refractivity contribution in [3.8, 4) is 11.4 Å². The van der Waals surface area contributed by atoms with Crippen LogP contribution in [-0.4, -0.2) is 26.7 Å². The lowest BCUT2D eigenvalue weighted by molar-refractivity contribution is 0.395. The van der Waals surface area contributed by atoms with Gasteiger partial charge in [0.25, 0.3) is 5.89 Å². The summed E-state index contributed by atoms with van der Waals surface area (Å²) in [7, 11) is 0. The van der Waals surface area contributed by atoms with Gasteiger partial charge in [0.15, 0.2) is 5.11 Å². The number of unbranched alkanes of at least 4 members (excludes halogenated alkanes) is 1. The van der Waals surface area contributed by atoms with Crippen molar-refractivity contribution in [3.63, 3.8) is 0 Å². The molecule has 0 spiro atoms. The average Bonchev–Trinajstić information content (AvgIpc) is 3.24. The molecular weight excluding hydrogens is 416 g/mol. The second-order valence-electron chi connectivity index (χ2n) is 7.23. The number of hydrogen-bond donors (Lipinski definition) is 1. The van der Waals surface area contributed by atoms with Crippen molar-refractivity contribution >= 4 is 34.5 Å². The molecule has 1 N–H and O–H groups in total. The minimum absolute atomic E-state index is 0.197. The number of rotatable bonds is 6. The summed E-state index contributed by atoms with van der Waals surface area (Å²) in [6.07, 6.45) is 2.12. The number of halogens is 1. The predicted octanol–water partition coefficient (Wildman–Crippen LogP) is 5.85. The maximum absolute atomic E-state index is 6.11. The van der Waals surface area contributed by atoms with Crippen LogP contribution in [0.1, 0.15) is 44.2 Å². The van der Waals surface area contributed by atoms with Crippen molar-refractivity contribution in [2.45, 2.75) is 32.7 Å². The Morgan fingerprint density at radius 2 is 1.87 bits per heavy atom. The van der Waals surface area contributed by atoms with E-state index in [1.54, 1.807) is 0 Å². The highest BCUT2D eigenvalue weighted by Gasteiger charge is 2.33. The predicted molar refractivity (Wildman–Crippen MR) is 124 cm³/mol. The Balaban J connectivity index is 1.79. The highest BCUT2D eigenvalue weighted by atomic mass is 35.5. The molecule has 7 heteroatoms. The van der Waals surface area contributed by atoms with E-state index in [2.05, 4.69) is 29.2 Å². The topological polar surface area (TPSA) is 54.2 Å². The lowest BCUT2D eigenvalue weighted by atomic mass is 9.94. The van der Waals surface area contributed by atoms with Gasteiger partial charge in [-0.25, -0.2) is 0 Å². The Labute approximate surface area is 186 Å². The van der Waals surface area contributed by atoms with E-state index in [1.165, 1.54) is 0 Å². The summed E-state index contributed by atoms with van der Waals surface area (Å²) in [5.41, 5.74) is 3.90. The van der Waals surface area contributed by atoms with Crippen LogP contribution in [0.3, 0.4) is 0 Å². The largest absolute Gasteiger partial charge is 0.351 e. The quantitative estimate of drug-likeness (QED) is 0.487.